The first-order chi connectivity index (χ1) is 5.95. The summed E-state index contributed by atoms with van der Waals surface area (Å²) in [5.74, 6) is 0. The van der Waals surface area contributed by atoms with Gasteiger partial charge in [-0.2, -0.15) is 0 Å². The summed E-state index contributed by atoms with van der Waals surface area (Å²) >= 11 is 0. The Hall–Kier alpha value is -0.340. The molecule has 0 aliphatic carbocycles. The van der Waals surface area contributed by atoms with Gasteiger partial charge in [0.15, 0.2) is 0 Å². The Balaban J connectivity index is 1.80. The first kappa shape index (κ1) is 8.27. The van der Waals surface area contributed by atoms with Crippen LogP contribution < -0.4 is 5.32 Å². The van der Waals surface area contributed by atoms with E-state index >= 15 is 0 Å². The molecule has 2 heteroatoms. The van der Waals surface area contributed by atoms with E-state index in [9.17, 15) is 0 Å². The van der Waals surface area contributed by atoms with E-state index in [-0.39, 0.29) is 0 Å². The molecule has 0 aromatic heterocycles. The summed E-state index contributed by atoms with van der Waals surface area (Å²) in [6, 6.07) is 0. The van der Waals surface area contributed by atoms with E-state index < -0.39 is 0 Å². The zero-order valence-corrected chi connectivity index (χ0v) is 7.68. The van der Waals surface area contributed by atoms with Crippen molar-refractivity contribution in [2.45, 2.75) is 19.3 Å². The molecule has 12 heavy (non-hydrogen) atoms. The van der Waals surface area contributed by atoms with Gasteiger partial charge in [-0.25, -0.2) is 0 Å². The number of hydrogen-bond donors (Lipinski definition) is 1. The summed E-state index contributed by atoms with van der Waals surface area (Å²) in [4.78, 5) is 2.57. The van der Waals surface area contributed by atoms with Crippen molar-refractivity contribution in [3.63, 3.8) is 0 Å². The van der Waals surface area contributed by atoms with E-state index in [0.29, 0.717) is 0 Å². The molecule has 0 atom stereocenters. The predicted molar refractivity (Wildman–Crippen MR) is 51.2 cm³/mol. The third-order valence-electron chi connectivity index (χ3n) is 2.73. The highest BCUT2D eigenvalue weighted by Crippen LogP contribution is 2.11. The minimum absolute atomic E-state index is 1.12. The second-order valence-corrected chi connectivity index (χ2v) is 3.81. The minimum atomic E-state index is 1.12. The highest BCUT2D eigenvalue weighted by Gasteiger charge is 2.13. The summed E-state index contributed by atoms with van der Waals surface area (Å²) in [6.45, 7) is 6.14. The molecule has 2 nitrogen and oxygen atoms in total. The summed E-state index contributed by atoms with van der Waals surface area (Å²) in [6.07, 6.45) is 6.44. The minimum Gasteiger partial charge on any atom is -0.313 e. The van der Waals surface area contributed by atoms with Crippen LogP contribution in [-0.4, -0.2) is 37.6 Å². The fraction of sp³-hybridized carbons (Fsp3) is 0.800. The summed E-state index contributed by atoms with van der Waals surface area (Å²) in [7, 11) is 0. The zero-order chi connectivity index (χ0) is 8.23. The molecule has 2 rings (SSSR count). The highest BCUT2D eigenvalue weighted by atomic mass is 15.1. The first-order valence-electron chi connectivity index (χ1n) is 5.06. The molecule has 1 N–H and O–H groups in total. The Morgan fingerprint density at radius 2 is 2.17 bits per heavy atom. The smallest absolute Gasteiger partial charge is 0.0205 e. The number of likely N-dealkylation sites (tertiary alicyclic amines) is 1. The van der Waals surface area contributed by atoms with Crippen molar-refractivity contribution >= 4 is 0 Å². The van der Waals surface area contributed by atoms with Crippen LogP contribution in [0.15, 0.2) is 11.6 Å². The first-order valence-corrected chi connectivity index (χ1v) is 5.06. The van der Waals surface area contributed by atoms with Crippen molar-refractivity contribution in [1.82, 2.24) is 10.2 Å². The lowest BCUT2D eigenvalue weighted by atomic mass is 10.1. The van der Waals surface area contributed by atoms with E-state index in [4.69, 9.17) is 0 Å². The summed E-state index contributed by atoms with van der Waals surface area (Å²) in [5, 5.41) is 3.41. The van der Waals surface area contributed by atoms with Gasteiger partial charge in [0.25, 0.3) is 0 Å². The molecule has 0 radical (unpaired) electrons. The van der Waals surface area contributed by atoms with E-state index in [1.165, 1.54) is 45.4 Å². The molecule has 0 aromatic carbocycles. The third-order valence-corrected chi connectivity index (χ3v) is 2.73. The maximum atomic E-state index is 3.41. The van der Waals surface area contributed by atoms with Crippen molar-refractivity contribution in [3.05, 3.63) is 11.6 Å². The molecule has 0 saturated carbocycles. The lowest BCUT2D eigenvalue weighted by Crippen LogP contribution is -2.30. The van der Waals surface area contributed by atoms with Crippen LogP contribution in [0.3, 0.4) is 0 Å². The second-order valence-electron chi connectivity index (χ2n) is 3.81. The van der Waals surface area contributed by atoms with Gasteiger partial charge >= 0.3 is 0 Å². The molecule has 0 unspecified atom stereocenters. The quantitative estimate of drug-likeness (QED) is 0.616. The monoisotopic (exact) mass is 166 g/mol. The molecule has 0 spiro atoms. The van der Waals surface area contributed by atoms with E-state index in [0.717, 1.165) is 6.54 Å². The fourth-order valence-electron chi connectivity index (χ4n) is 2.05. The number of rotatable bonds is 2. The fourth-order valence-corrected chi connectivity index (χ4v) is 2.05. The second kappa shape index (κ2) is 4.06. The molecule has 1 fully saturated rings. The largest absolute Gasteiger partial charge is 0.313 e. The van der Waals surface area contributed by atoms with Gasteiger partial charge in [0.1, 0.15) is 0 Å². The van der Waals surface area contributed by atoms with Gasteiger partial charge in [-0.05, 0) is 44.5 Å². The van der Waals surface area contributed by atoms with Gasteiger partial charge in [0.05, 0.1) is 0 Å². The lowest BCUT2D eigenvalue weighted by molar-refractivity contribution is 0.362. The van der Waals surface area contributed by atoms with Crippen molar-refractivity contribution in [2.75, 3.05) is 32.7 Å². The van der Waals surface area contributed by atoms with E-state index in [2.05, 4.69) is 16.3 Å². The number of nitrogens with zero attached hydrogens (tertiary/aromatic N) is 1. The molecule has 2 aliphatic heterocycles. The maximum absolute atomic E-state index is 3.41. The Bertz CT molecular complexity index is 169. The molecule has 68 valence electrons. The van der Waals surface area contributed by atoms with Crippen molar-refractivity contribution in [3.8, 4) is 0 Å². The van der Waals surface area contributed by atoms with Crippen LogP contribution >= 0.6 is 0 Å². The Kier molecular flexibility index (Phi) is 2.79. The van der Waals surface area contributed by atoms with Gasteiger partial charge < -0.3 is 5.32 Å². The maximum Gasteiger partial charge on any atom is 0.0205 e. The van der Waals surface area contributed by atoms with Crippen LogP contribution in [-0.2, 0) is 0 Å². The SMILES string of the molecule is C1=C(CN2CCCC2)CNCC1. The van der Waals surface area contributed by atoms with Crippen molar-refractivity contribution in [1.29, 1.82) is 0 Å². The van der Waals surface area contributed by atoms with Crippen LogP contribution in [0.25, 0.3) is 0 Å². The predicted octanol–water partition coefficient (Wildman–Crippen LogP) is 1.00. The molecule has 2 aliphatic rings. The van der Waals surface area contributed by atoms with Crippen LogP contribution in [0.1, 0.15) is 19.3 Å². The molecular weight excluding hydrogens is 148 g/mol. The Morgan fingerprint density at radius 3 is 2.83 bits per heavy atom. The molecule has 0 amide bonds. The number of hydrogen-bond acceptors (Lipinski definition) is 2. The third kappa shape index (κ3) is 2.08. The van der Waals surface area contributed by atoms with Crippen LogP contribution in [0.2, 0.25) is 0 Å². The standard InChI is InChI=1S/C10H18N2/c1-2-7-12(6-1)9-10-4-3-5-11-8-10/h4,11H,1-3,5-9H2. The van der Waals surface area contributed by atoms with Crippen molar-refractivity contribution in [2.24, 2.45) is 0 Å². The van der Waals surface area contributed by atoms with E-state index in [1.54, 1.807) is 5.57 Å². The zero-order valence-electron chi connectivity index (χ0n) is 7.68. The normalized spacial score (nSPS) is 25.8. The van der Waals surface area contributed by atoms with Gasteiger partial charge in [-0.1, -0.05) is 6.08 Å². The highest BCUT2D eigenvalue weighted by molar-refractivity contribution is 5.09. The van der Waals surface area contributed by atoms with Gasteiger partial charge in [0.2, 0.25) is 0 Å². The molecule has 1 saturated heterocycles. The number of nitrogens with one attached hydrogen (secondary N) is 1. The van der Waals surface area contributed by atoms with E-state index in [1.807, 2.05) is 0 Å². The average Bonchev–Trinajstić information content (AvgIpc) is 2.59. The van der Waals surface area contributed by atoms with Crippen LogP contribution in [0, 0.1) is 0 Å². The van der Waals surface area contributed by atoms with Crippen LogP contribution in [0.5, 0.6) is 0 Å². The van der Waals surface area contributed by atoms with Crippen molar-refractivity contribution < 1.29 is 0 Å². The Labute approximate surface area is 74.6 Å². The summed E-state index contributed by atoms with van der Waals surface area (Å²) in [5.41, 5.74) is 1.60. The molecule has 0 bridgehead atoms. The summed E-state index contributed by atoms with van der Waals surface area (Å²) < 4.78 is 0. The topological polar surface area (TPSA) is 15.3 Å². The molecule has 2 heterocycles. The molecule has 0 aromatic rings. The Morgan fingerprint density at radius 1 is 1.33 bits per heavy atom. The molecular formula is C10H18N2. The van der Waals surface area contributed by atoms with Gasteiger partial charge in [-0.15, -0.1) is 0 Å². The lowest BCUT2D eigenvalue weighted by Gasteiger charge is -2.20. The average molecular weight is 166 g/mol. The van der Waals surface area contributed by atoms with Crippen LogP contribution in [0.4, 0.5) is 0 Å². The van der Waals surface area contributed by atoms with Gasteiger partial charge in [-0.3, -0.25) is 4.90 Å². The van der Waals surface area contributed by atoms with Gasteiger partial charge in [0, 0.05) is 13.1 Å².